The Morgan fingerprint density at radius 2 is 1.95 bits per heavy atom. The lowest BCUT2D eigenvalue weighted by Crippen LogP contribution is -1.84. The fraction of sp³-hybridized carbons (Fsp3) is 0. The summed E-state index contributed by atoms with van der Waals surface area (Å²) in [6.45, 7) is 7.66. The van der Waals surface area contributed by atoms with Gasteiger partial charge in [0.05, 0.1) is 0 Å². The van der Waals surface area contributed by atoms with Crippen molar-refractivity contribution in [3.63, 3.8) is 0 Å². The lowest BCUT2D eigenvalue weighted by atomic mass is 10.1. The van der Waals surface area contributed by atoms with Gasteiger partial charge in [-0.15, -0.1) is 0 Å². The van der Waals surface area contributed by atoms with Crippen LogP contribution in [0.2, 0.25) is 0 Å². The number of hydrogen-bond donors (Lipinski definition) is 0. The van der Waals surface area contributed by atoms with Crippen molar-refractivity contribution in [1.82, 2.24) is 4.98 Å². The minimum absolute atomic E-state index is 0.745. The van der Waals surface area contributed by atoms with Gasteiger partial charge in [-0.1, -0.05) is 49.6 Å². The van der Waals surface area contributed by atoms with E-state index in [9.17, 15) is 0 Å². The molecule has 0 aliphatic carbocycles. The Morgan fingerprint density at radius 3 is 2.68 bits per heavy atom. The second-order valence-corrected chi connectivity index (χ2v) is 4.28. The Labute approximate surface area is 111 Å². The van der Waals surface area contributed by atoms with Gasteiger partial charge in [-0.3, -0.25) is 4.98 Å². The molecule has 0 aliphatic heterocycles. The molecule has 0 aliphatic rings. The average molecular weight is 247 g/mol. The van der Waals surface area contributed by atoms with Gasteiger partial charge in [-0.25, -0.2) is 0 Å². The number of furan rings is 1. The number of nitrogens with zero attached hydrogens (tertiary/aromatic N) is 1. The summed E-state index contributed by atoms with van der Waals surface area (Å²) < 4.78 is 5.94. The molecule has 3 rings (SSSR count). The van der Waals surface area contributed by atoms with Gasteiger partial charge < -0.3 is 4.42 Å². The van der Waals surface area contributed by atoms with E-state index in [2.05, 4.69) is 18.1 Å². The van der Waals surface area contributed by atoms with Crippen LogP contribution in [0.15, 0.2) is 72.3 Å². The van der Waals surface area contributed by atoms with Gasteiger partial charge in [0.25, 0.3) is 0 Å². The third-order valence-electron chi connectivity index (χ3n) is 3.04. The highest BCUT2D eigenvalue weighted by molar-refractivity contribution is 5.92. The molecule has 2 aromatic heterocycles. The predicted octanol–water partition coefficient (Wildman–Crippen LogP) is 4.69. The van der Waals surface area contributed by atoms with Crippen LogP contribution in [-0.4, -0.2) is 4.98 Å². The number of allylic oxidation sites excluding steroid dienone is 2. The highest BCUT2D eigenvalue weighted by atomic mass is 16.3. The zero-order valence-corrected chi connectivity index (χ0v) is 10.5. The van der Waals surface area contributed by atoms with Crippen molar-refractivity contribution in [3.05, 3.63) is 73.6 Å². The highest BCUT2D eigenvalue weighted by Gasteiger charge is 2.11. The average Bonchev–Trinajstić information content (AvgIpc) is 2.91. The number of rotatable bonds is 3. The van der Waals surface area contributed by atoms with Crippen LogP contribution in [0.1, 0.15) is 5.69 Å². The van der Waals surface area contributed by atoms with E-state index in [1.165, 1.54) is 0 Å². The molecule has 0 saturated heterocycles. The van der Waals surface area contributed by atoms with E-state index >= 15 is 0 Å². The second-order valence-electron chi connectivity index (χ2n) is 4.28. The minimum Gasteiger partial charge on any atom is -0.454 e. The summed E-state index contributed by atoms with van der Waals surface area (Å²) in [7, 11) is 0. The van der Waals surface area contributed by atoms with Crippen LogP contribution in [0.5, 0.6) is 0 Å². The zero-order chi connectivity index (χ0) is 13.2. The lowest BCUT2D eigenvalue weighted by molar-refractivity contribution is 0.628. The van der Waals surface area contributed by atoms with Crippen molar-refractivity contribution >= 4 is 16.5 Å². The Morgan fingerprint density at radius 1 is 1.16 bits per heavy atom. The first kappa shape index (κ1) is 11.5. The third kappa shape index (κ3) is 1.97. The van der Waals surface area contributed by atoms with E-state index in [0.29, 0.717) is 0 Å². The first-order valence-electron chi connectivity index (χ1n) is 6.05. The Bertz CT molecular complexity index is 753. The van der Waals surface area contributed by atoms with Gasteiger partial charge in [0.2, 0.25) is 0 Å². The number of benzene rings is 1. The summed E-state index contributed by atoms with van der Waals surface area (Å²) in [5.74, 6) is 0.835. The molecule has 2 nitrogen and oxygen atoms in total. The maximum absolute atomic E-state index is 5.94. The molecule has 19 heavy (non-hydrogen) atoms. The molecule has 3 aromatic rings. The van der Waals surface area contributed by atoms with Crippen LogP contribution in [0.3, 0.4) is 0 Å². The van der Waals surface area contributed by atoms with Crippen molar-refractivity contribution in [1.29, 1.82) is 0 Å². The number of fused-ring (bicyclic) bond motifs is 1. The SMILES string of the molecule is C=CC(=C)c1nccc2cc(-c3ccccc3)oc12. The monoisotopic (exact) mass is 247 g/mol. The summed E-state index contributed by atoms with van der Waals surface area (Å²) in [5.41, 5.74) is 3.31. The zero-order valence-electron chi connectivity index (χ0n) is 10.5. The first-order valence-corrected chi connectivity index (χ1v) is 6.05. The number of hydrogen-bond acceptors (Lipinski definition) is 2. The van der Waals surface area contributed by atoms with Gasteiger partial charge in [0, 0.05) is 17.1 Å². The largest absolute Gasteiger partial charge is 0.454 e. The van der Waals surface area contributed by atoms with Crippen LogP contribution in [0, 0.1) is 0 Å². The summed E-state index contributed by atoms with van der Waals surface area (Å²) in [6.07, 6.45) is 3.45. The molecule has 0 unspecified atom stereocenters. The number of aromatic nitrogens is 1. The summed E-state index contributed by atoms with van der Waals surface area (Å²) in [4.78, 5) is 4.32. The van der Waals surface area contributed by atoms with Crippen molar-refractivity contribution in [2.24, 2.45) is 0 Å². The van der Waals surface area contributed by atoms with Crippen LogP contribution in [-0.2, 0) is 0 Å². The van der Waals surface area contributed by atoms with Crippen molar-refractivity contribution in [2.75, 3.05) is 0 Å². The number of pyridine rings is 1. The summed E-state index contributed by atoms with van der Waals surface area (Å²) >= 11 is 0. The van der Waals surface area contributed by atoms with Crippen molar-refractivity contribution < 1.29 is 4.42 Å². The predicted molar refractivity (Wildman–Crippen MR) is 78.7 cm³/mol. The molecule has 0 N–H and O–H groups in total. The van der Waals surface area contributed by atoms with E-state index in [1.54, 1.807) is 12.3 Å². The maximum Gasteiger partial charge on any atom is 0.161 e. The Kier molecular flexibility index (Phi) is 2.76. The van der Waals surface area contributed by atoms with Crippen LogP contribution in [0.25, 0.3) is 27.9 Å². The van der Waals surface area contributed by atoms with E-state index < -0.39 is 0 Å². The minimum atomic E-state index is 0.745. The second kappa shape index (κ2) is 4.58. The van der Waals surface area contributed by atoms with Gasteiger partial charge >= 0.3 is 0 Å². The normalized spacial score (nSPS) is 10.5. The molecular formula is C17H13NO. The molecular weight excluding hydrogens is 234 g/mol. The molecule has 2 heteroatoms. The highest BCUT2D eigenvalue weighted by Crippen LogP contribution is 2.31. The Balaban J connectivity index is 2.21. The molecule has 0 atom stereocenters. The smallest absolute Gasteiger partial charge is 0.161 e. The molecule has 92 valence electrons. The standard InChI is InChI=1S/C17H13NO/c1-3-12(2)16-17-14(9-10-18-16)11-15(19-17)13-7-5-4-6-8-13/h3-11H,1-2H2. The van der Waals surface area contributed by atoms with Crippen molar-refractivity contribution in [3.8, 4) is 11.3 Å². The quantitative estimate of drug-likeness (QED) is 0.627. The topological polar surface area (TPSA) is 26.0 Å². The van der Waals surface area contributed by atoms with E-state index in [-0.39, 0.29) is 0 Å². The lowest BCUT2D eigenvalue weighted by Gasteiger charge is -1.99. The molecule has 0 amide bonds. The van der Waals surface area contributed by atoms with Crippen LogP contribution in [0.4, 0.5) is 0 Å². The maximum atomic E-state index is 5.94. The van der Waals surface area contributed by atoms with Crippen molar-refractivity contribution in [2.45, 2.75) is 0 Å². The van der Waals surface area contributed by atoms with Gasteiger partial charge in [0.15, 0.2) is 5.58 Å². The molecule has 0 radical (unpaired) electrons. The molecule has 0 spiro atoms. The fourth-order valence-corrected chi connectivity index (χ4v) is 2.03. The molecule has 0 bridgehead atoms. The summed E-state index contributed by atoms with van der Waals surface area (Å²) in [6, 6.07) is 14.0. The van der Waals surface area contributed by atoms with E-state index in [4.69, 9.17) is 4.42 Å². The molecule has 0 fully saturated rings. The third-order valence-corrected chi connectivity index (χ3v) is 3.04. The summed E-state index contributed by atoms with van der Waals surface area (Å²) in [5, 5.41) is 1.02. The van der Waals surface area contributed by atoms with Crippen LogP contribution < -0.4 is 0 Å². The molecule has 1 aromatic carbocycles. The van der Waals surface area contributed by atoms with Crippen LogP contribution >= 0.6 is 0 Å². The van der Waals surface area contributed by atoms with Gasteiger partial charge in [0.1, 0.15) is 11.5 Å². The van der Waals surface area contributed by atoms with Gasteiger partial charge in [-0.2, -0.15) is 0 Å². The Hall–Kier alpha value is -2.61. The molecule has 0 saturated carbocycles. The fourth-order valence-electron chi connectivity index (χ4n) is 2.03. The van der Waals surface area contributed by atoms with E-state index in [0.717, 1.165) is 33.6 Å². The van der Waals surface area contributed by atoms with Gasteiger partial charge in [-0.05, 0) is 17.7 Å². The molecule has 2 heterocycles. The van der Waals surface area contributed by atoms with E-state index in [1.807, 2.05) is 42.5 Å². The first-order chi connectivity index (χ1) is 9.29.